The lowest BCUT2D eigenvalue weighted by atomic mass is 9.76. The molecule has 3 rings (SSSR count). The molecule has 1 saturated carbocycles. The van der Waals surface area contributed by atoms with Crippen molar-refractivity contribution in [2.75, 3.05) is 7.11 Å². The molecule has 2 atom stereocenters. The van der Waals surface area contributed by atoms with Crippen molar-refractivity contribution in [3.8, 4) is 5.75 Å². The number of hydrogen-bond acceptors (Lipinski definition) is 8. The van der Waals surface area contributed by atoms with E-state index in [1.54, 1.807) is 6.07 Å². The topological polar surface area (TPSA) is 116 Å². The second-order valence-corrected chi connectivity index (χ2v) is 10.4. The van der Waals surface area contributed by atoms with Crippen molar-refractivity contribution in [3.63, 3.8) is 0 Å². The van der Waals surface area contributed by atoms with Gasteiger partial charge in [0.15, 0.2) is 11.6 Å². The maximum Gasteiger partial charge on any atom is 0.313 e. The van der Waals surface area contributed by atoms with Gasteiger partial charge in [-0.3, -0.25) is 19.2 Å². The largest absolute Gasteiger partial charge is 0.482 e. The number of Topliss-reactive ketones (excluding diaryl/α,β-unsaturated/α-hetero) is 2. The highest BCUT2D eigenvalue weighted by molar-refractivity contribution is 5.98. The molecular weight excluding hydrogens is 471 g/mol. The molecule has 1 aromatic carbocycles. The molecule has 0 aromatic heterocycles. The molecule has 0 spiro atoms. The molecule has 2 unspecified atom stereocenters. The molecule has 0 bridgehead atoms. The molecule has 9 heteroatoms. The van der Waals surface area contributed by atoms with Gasteiger partial charge in [0.2, 0.25) is 0 Å². The van der Waals surface area contributed by atoms with Gasteiger partial charge < -0.3 is 19.3 Å². The van der Waals surface area contributed by atoms with E-state index in [4.69, 9.17) is 9.47 Å². The zero-order valence-electron chi connectivity index (χ0n) is 21.1. The van der Waals surface area contributed by atoms with Crippen molar-refractivity contribution >= 4 is 23.5 Å². The van der Waals surface area contributed by atoms with E-state index in [2.05, 4.69) is 4.74 Å². The van der Waals surface area contributed by atoms with Crippen LogP contribution in [0.15, 0.2) is 18.2 Å². The molecule has 2 aliphatic rings. The number of cyclic esters (lactones) is 1. The summed E-state index contributed by atoms with van der Waals surface area (Å²) in [4.78, 5) is 47.5. The number of ketones is 2. The van der Waals surface area contributed by atoms with E-state index in [9.17, 15) is 28.7 Å². The first kappa shape index (κ1) is 27.8. The van der Waals surface area contributed by atoms with E-state index in [0.29, 0.717) is 18.4 Å². The third-order valence-corrected chi connectivity index (χ3v) is 7.25. The monoisotopic (exact) mass is 506 g/mol. The molecule has 1 heterocycles. The highest BCUT2D eigenvalue weighted by Gasteiger charge is 2.47. The normalized spacial score (nSPS) is 21.7. The lowest BCUT2D eigenvalue weighted by Gasteiger charge is -2.41. The van der Waals surface area contributed by atoms with Crippen molar-refractivity contribution in [1.82, 2.24) is 0 Å². The van der Waals surface area contributed by atoms with Gasteiger partial charge in [0.1, 0.15) is 35.6 Å². The lowest BCUT2D eigenvalue weighted by Crippen LogP contribution is -2.48. The minimum absolute atomic E-state index is 0.0898. The number of halogens is 1. The van der Waals surface area contributed by atoms with Crippen LogP contribution < -0.4 is 4.74 Å². The number of aryl methyl sites for hydroxylation is 1. The summed E-state index contributed by atoms with van der Waals surface area (Å²) in [7, 11) is 1.17. The minimum Gasteiger partial charge on any atom is -0.482 e. The van der Waals surface area contributed by atoms with E-state index in [1.165, 1.54) is 33.1 Å². The fourth-order valence-electron chi connectivity index (χ4n) is 5.14. The lowest BCUT2D eigenvalue weighted by molar-refractivity contribution is -0.178. The Kier molecular flexibility index (Phi) is 8.87. The van der Waals surface area contributed by atoms with Crippen molar-refractivity contribution in [2.45, 2.75) is 95.4 Å². The fourth-order valence-corrected chi connectivity index (χ4v) is 5.14. The average Bonchev–Trinajstić information content (AvgIpc) is 3.34. The summed E-state index contributed by atoms with van der Waals surface area (Å²) < 4.78 is 30.9. The Morgan fingerprint density at radius 3 is 2.56 bits per heavy atom. The highest BCUT2D eigenvalue weighted by atomic mass is 19.1. The van der Waals surface area contributed by atoms with Gasteiger partial charge in [-0.2, -0.15) is 0 Å². The third-order valence-electron chi connectivity index (χ3n) is 7.25. The van der Waals surface area contributed by atoms with Crippen LogP contribution in [0.1, 0.15) is 77.2 Å². The second kappa shape index (κ2) is 11.5. The molecular formula is C27H35FO8. The third kappa shape index (κ3) is 6.90. The molecule has 1 N–H and O–H groups in total. The van der Waals surface area contributed by atoms with Gasteiger partial charge in [-0.1, -0.05) is 18.9 Å². The molecule has 1 saturated heterocycles. The number of carbonyl (C=O) groups is 4. The maximum absolute atomic E-state index is 14.9. The number of benzene rings is 1. The van der Waals surface area contributed by atoms with Crippen LogP contribution in [-0.4, -0.2) is 53.0 Å². The molecule has 1 aromatic rings. The molecule has 1 aliphatic carbocycles. The number of aliphatic hydroxyl groups excluding tert-OH is 1. The summed E-state index contributed by atoms with van der Waals surface area (Å²) in [5, 5.41) is 10.5. The quantitative estimate of drug-likeness (QED) is 0.357. The smallest absolute Gasteiger partial charge is 0.313 e. The van der Waals surface area contributed by atoms with Crippen LogP contribution in [0.4, 0.5) is 4.39 Å². The number of ether oxygens (including phenoxy) is 3. The Hall–Kier alpha value is -2.81. The number of esters is 2. The first-order valence-corrected chi connectivity index (χ1v) is 12.4. The molecule has 198 valence electrons. The predicted molar refractivity (Wildman–Crippen MR) is 127 cm³/mol. The van der Waals surface area contributed by atoms with Crippen LogP contribution in [0.25, 0.3) is 0 Å². The summed E-state index contributed by atoms with van der Waals surface area (Å²) in [6.45, 7) is 3.05. The zero-order chi connectivity index (χ0) is 26.5. The summed E-state index contributed by atoms with van der Waals surface area (Å²) >= 11 is 0. The van der Waals surface area contributed by atoms with Gasteiger partial charge in [0, 0.05) is 12.8 Å². The van der Waals surface area contributed by atoms with E-state index < -0.39 is 47.3 Å². The molecule has 0 radical (unpaired) electrons. The van der Waals surface area contributed by atoms with Gasteiger partial charge in [-0.05, 0) is 63.1 Å². The molecule has 1 aliphatic heterocycles. The van der Waals surface area contributed by atoms with Gasteiger partial charge in [-0.25, -0.2) is 4.39 Å². The van der Waals surface area contributed by atoms with Crippen LogP contribution in [-0.2, 0) is 35.1 Å². The van der Waals surface area contributed by atoms with E-state index in [0.717, 1.165) is 25.7 Å². The van der Waals surface area contributed by atoms with Gasteiger partial charge >= 0.3 is 11.9 Å². The fraction of sp³-hybridized carbons (Fsp3) is 0.630. The standard InChI is InChI=1S/C27H35FO8/c1-26(2,23(31)13-19(29)14-24(32)34-3)35-22-9-8-17(12-21(22)28)10-11-27(18-6-4-5-7-18)16-20(30)15-25(33)36-27/h8-9,12,18,23,31H,4-7,10-11,13-16H2,1-3H3. The maximum atomic E-state index is 14.9. The van der Waals surface area contributed by atoms with Crippen molar-refractivity contribution < 1.29 is 42.9 Å². The Morgan fingerprint density at radius 2 is 1.94 bits per heavy atom. The van der Waals surface area contributed by atoms with Crippen LogP contribution in [0.3, 0.4) is 0 Å². The van der Waals surface area contributed by atoms with Crippen molar-refractivity contribution in [3.05, 3.63) is 29.6 Å². The number of methoxy groups -OCH3 is 1. The zero-order valence-corrected chi connectivity index (χ0v) is 21.1. The average molecular weight is 507 g/mol. The summed E-state index contributed by atoms with van der Waals surface area (Å²) in [6, 6.07) is 4.47. The van der Waals surface area contributed by atoms with E-state index in [-0.39, 0.29) is 36.7 Å². The molecule has 0 amide bonds. The van der Waals surface area contributed by atoms with Crippen LogP contribution >= 0.6 is 0 Å². The SMILES string of the molecule is COC(=O)CC(=O)CC(O)C(C)(C)Oc1ccc(CCC2(C3CCCC3)CC(=O)CC(=O)O2)cc1F. The highest BCUT2D eigenvalue weighted by Crippen LogP contribution is 2.44. The van der Waals surface area contributed by atoms with E-state index in [1.807, 2.05) is 0 Å². The first-order chi connectivity index (χ1) is 16.9. The summed E-state index contributed by atoms with van der Waals surface area (Å²) in [5.74, 6) is -2.41. The summed E-state index contributed by atoms with van der Waals surface area (Å²) in [6.07, 6.45) is 2.66. The predicted octanol–water partition coefficient (Wildman–Crippen LogP) is 3.63. The number of rotatable bonds is 11. The number of hydrogen-bond donors (Lipinski definition) is 1. The van der Waals surface area contributed by atoms with Gasteiger partial charge in [-0.15, -0.1) is 0 Å². The molecule has 36 heavy (non-hydrogen) atoms. The Balaban J connectivity index is 1.65. The van der Waals surface area contributed by atoms with Crippen molar-refractivity contribution in [1.29, 1.82) is 0 Å². The first-order valence-electron chi connectivity index (χ1n) is 12.4. The van der Waals surface area contributed by atoms with E-state index >= 15 is 0 Å². The number of aliphatic hydroxyl groups is 1. The Bertz CT molecular complexity index is 979. The van der Waals surface area contributed by atoms with Crippen LogP contribution in [0, 0.1) is 11.7 Å². The van der Waals surface area contributed by atoms with Crippen LogP contribution in [0.5, 0.6) is 5.75 Å². The van der Waals surface area contributed by atoms with Crippen molar-refractivity contribution in [2.24, 2.45) is 5.92 Å². The van der Waals surface area contributed by atoms with Gasteiger partial charge in [0.25, 0.3) is 0 Å². The minimum atomic E-state index is -1.31. The Labute approximate surface area is 210 Å². The summed E-state index contributed by atoms with van der Waals surface area (Å²) in [5.41, 5.74) is -1.48. The molecule has 2 fully saturated rings. The Morgan fingerprint density at radius 1 is 1.25 bits per heavy atom. The van der Waals surface area contributed by atoms with Crippen LogP contribution in [0.2, 0.25) is 0 Å². The number of carbonyl (C=O) groups excluding carboxylic acids is 4. The van der Waals surface area contributed by atoms with Gasteiger partial charge in [0.05, 0.1) is 13.2 Å². The second-order valence-electron chi connectivity index (χ2n) is 10.4. The molecule has 8 nitrogen and oxygen atoms in total.